The molecule has 1 saturated heterocycles. The standard InChI is InChI=1S/C7H15NO3/c1-10-7-6(9)3-2-5(4-8)11-7/h5-7,9H,2-4,8H2,1H3/t5?,6?,7-/m0/s1. The normalized spacial score (nSPS) is 39.0. The Morgan fingerprint density at radius 1 is 1.64 bits per heavy atom. The van der Waals surface area contributed by atoms with Gasteiger partial charge in [0.2, 0.25) is 0 Å². The molecular formula is C7H15NO3. The fraction of sp³-hybridized carbons (Fsp3) is 1.00. The van der Waals surface area contributed by atoms with Crippen molar-refractivity contribution < 1.29 is 14.6 Å². The molecule has 0 aromatic rings. The van der Waals surface area contributed by atoms with Crippen LogP contribution in [0.25, 0.3) is 0 Å². The van der Waals surface area contributed by atoms with E-state index in [1.165, 1.54) is 7.11 Å². The molecule has 1 aliphatic rings. The van der Waals surface area contributed by atoms with Crippen LogP contribution in [0.2, 0.25) is 0 Å². The van der Waals surface area contributed by atoms with Crippen LogP contribution in [-0.2, 0) is 9.47 Å². The summed E-state index contributed by atoms with van der Waals surface area (Å²) in [6.07, 6.45) is 0.584. The molecule has 4 heteroatoms. The lowest BCUT2D eigenvalue weighted by Crippen LogP contribution is -2.42. The molecule has 0 aromatic heterocycles. The van der Waals surface area contributed by atoms with E-state index in [0.29, 0.717) is 13.0 Å². The third-order valence-corrected chi connectivity index (χ3v) is 1.92. The van der Waals surface area contributed by atoms with Crippen molar-refractivity contribution in [3.63, 3.8) is 0 Å². The molecular weight excluding hydrogens is 146 g/mol. The quantitative estimate of drug-likeness (QED) is 0.570. The van der Waals surface area contributed by atoms with Gasteiger partial charge in [-0.25, -0.2) is 0 Å². The van der Waals surface area contributed by atoms with Crippen LogP contribution in [0.3, 0.4) is 0 Å². The molecule has 2 unspecified atom stereocenters. The summed E-state index contributed by atoms with van der Waals surface area (Å²) < 4.78 is 10.2. The Hall–Kier alpha value is -0.160. The van der Waals surface area contributed by atoms with Crippen LogP contribution in [0, 0.1) is 0 Å². The highest BCUT2D eigenvalue weighted by Crippen LogP contribution is 2.18. The first-order chi connectivity index (χ1) is 5.27. The van der Waals surface area contributed by atoms with Crippen molar-refractivity contribution in [2.75, 3.05) is 13.7 Å². The predicted octanol–water partition coefficient (Wildman–Crippen LogP) is -0.543. The highest BCUT2D eigenvalue weighted by molar-refractivity contribution is 4.73. The van der Waals surface area contributed by atoms with Crippen LogP contribution in [0.4, 0.5) is 0 Å². The molecule has 0 spiro atoms. The Labute approximate surface area is 66.3 Å². The average molecular weight is 161 g/mol. The van der Waals surface area contributed by atoms with E-state index in [4.69, 9.17) is 15.2 Å². The van der Waals surface area contributed by atoms with Gasteiger partial charge in [-0.05, 0) is 12.8 Å². The first-order valence-corrected chi connectivity index (χ1v) is 3.84. The summed E-state index contributed by atoms with van der Waals surface area (Å²) in [6.45, 7) is 0.493. The van der Waals surface area contributed by atoms with Gasteiger partial charge in [0.05, 0.1) is 6.10 Å². The monoisotopic (exact) mass is 161 g/mol. The van der Waals surface area contributed by atoms with Gasteiger partial charge in [-0.3, -0.25) is 0 Å². The van der Waals surface area contributed by atoms with Crippen molar-refractivity contribution in [1.82, 2.24) is 0 Å². The van der Waals surface area contributed by atoms with Crippen molar-refractivity contribution in [3.05, 3.63) is 0 Å². The third kappa shape index (κ3) is 2.13. The van der Waals surface area contributed by atoms with Gasteiger partial charge in [0.15, 0.2) is 6.29 Å². The second-order valence-electron chi connectivity index (χ2n) is 2.74. The zero-order valence-corrected chi connectivity index (χ0v) is 6.69. The molecule has 0 saturated carbocycles. The fourth-order valence-corrected chi connectivity index (χ4v) is 1.23. The summed E-state index contributed by atoms with van der Waals surface area (Å²) in [6, 6.07) is 0. The minimum absolute atomic E-state index is 0.0448. The third-order valence-electron chi connectivity index (χ3n) is 1.92. The van der Waals surface area contributed by atoms with E-state index in [2.05, 4.69) is 0 Å². The zero-order valence-electron chi connectivity index (χ0n) is 6.69. The molecule has 11 heavy (non-hydrogen) atoms. The summed E-state index contributed by atoms with van der Waals surface area (Å²) in [5.41, 5.74) is 5.40. The topological polar surface area (TPSA) is 64.7 Å². The molecule has 0 aliphatic carbocycles. The van der Waals surface area contributed by atoms with Gasteiger partial charge in [-0.15, -0.1) is 0 Å². The van der Waals surface area contributed by atoms with Crippen LogP contribution in [0.15, 0.2) is 0 Å². The van der Waals surface area contributed by atoms with Crippen LogP contribution >= 0.6 is 0 Å². The summed E-state index contributed by atoms with van der Waals surface area (Å²) in [5, 5.41) is 9.29. The van der Waals surface area contributed by atoms with Crippen molar-refractivity contribution in [2.45, 2.75) is 31.3 Å². The van der Waals surface area contributed by atoms with Gasteiger partial charge in [-0.2, -0.15) is 0 Å². The molecule has 3 N–H and O–H groups in total. The number of nitrogens with two attached hydrogens (primary N) is 1. The van der Waals surface area contributed by atoms with Crippen molar-refractivity contribution >= 4 is 0 Å². The van der Waals surface area contributed by atoms with Gasteiger partial charge in [0, 0.05) is 13.7 Å². The Bertz CT molecular complexity index is 120. The fourth-order valence-electron chi connectivity index (χ4n) is 1.23. The van der Waals surface area contributed by atoms with Crippen molar-refractivity contribution in [3.8, 4) is 0 Å². The lowest BCUT2D eigenvalue weighted by Gasteiger charge is -2.31. The summed E-state index contributed by atoms with van der Waals surface area (Å²) in [7, 11) is 1.52. The number of ether oxygens (including phenoxy) is 2. The van der Waals surface area contributed by atoms with E-state index in [1.54, 1.807) is 0 Å². The summed E-state index contributed by atoms with van der Waals surface area (Å²) >= 11 is 0. The molecule has 1 rings (SSSR count). The summed E-state index contributed by atoms with van der Waals surface area (Å²) in [4.78, 5) is 0. The minimum atomic E-state index is -0.497. The molecule has 3 atom stereocenters. The molecule has 1 heterocycles. The lowest BCUT2D eigenvalue weighted by molar-refractivity contribution is -0.226. The van der Waals surface area contributed by atoms with E-state index in [0.717, 1.165) is 6.42 Å². The molecule has 1 fully saturated rings. The van der Waals surface area contributed by atoms with Crippen molar-refractivity contribution in [2.24, 2.45) is 5.73 Å². The average Bonchev–Trinajstić information content (AvgIpc) is 2.05. The maximum Gasteiger partial charge on any atom is 0.183 e. The Morgan fingerprint density at radius 3 is 2.91 bits per heavy atom. The van der Waals surface area contributed by atoms with Crippen LogP contribution in [-0.4, -0.2) is 37.3 Å². The highest BCUT2D eigenvalue weighted by atomic mass is 16.7. The molecule has 66 valence electrons. The van der Waals surface area contributed by atoms with E-state index >= 15 is 0 Å². The Morgan fingerprint density at radius 2 is 2.36 bits per heavy atom. The maximum absolute atomic E-state index is 9.29. The first-order valence-electron chi connectivity index (χ1n) is 3.84. The molecule has 4 nitrogen and oxygen atoms in total. The van der Waals surface area contributed by atoms with E-state index in [-0.39, 0.29) is 6.10 Å². The van der Waals surface area contributed by atoms with Crippen molar-refractivity contribution in [1.29, 1.82) is 0 Å². The molecule has 0 amide bonds. The van der Waals surface area contributed by atoms with Gasteiger partial charge in [-0.1, -0.05) is 0 Å². The molecule has 1 aliphatic heterocycles. The van der Waals surface area contributed by atoms with Gasteiger partial charge in [0.1, 0.15) is 6.10 Å². The maximum atomic E-state index is 9.29. The minimum Gasteiger partial charge on any atom is -0.388 e. The smallest absolute Gasteiger partial charge is 0.183 e. The first kappa shape index (κ1) is 8.93. The molecule has 0 bridgehead atoms. The van der Waals surface area contributed by atoms with Crippen LogP contribution < -0.4 is 5.73 Å². The van der Waals surface area contributed by atoms with Gasteiger partial charge in [0.25, 0.3) is 0 Å². The second kappa shape index (κ2) is 4.01. The Kier molecular flexibility index (Phi) is 3.26. The Balaban J connectivity index is 2.37. The largest absolute Gasteiger partial charge is 0.388 e. The SMILES string of the molecule is CO[C@H]1OC(CN)CCC1O. The number of hydrogen-bond acceptors (Lipinski definition) is 4. The highest BCUT2D eigenvalue weighted by Gasteiger charge is 2.28. The lowest BCUT2D eigenvalue weighted by atomic mass is 10.1. The van der Waals surface area contributed by atoms with E-state index in [1.807, 2.05) is 0 Å². The molecule has 0 aromatic carbocycles. The van der Waals surface area contributed by atoms with Crippen LogP contribution in [0.1, 0.15) is 12.8 Å². The van der Waals surface area contributed by atoms with Gasteiger partial charge < -0.3 is 20.3 Å². The number of methoxy groups -OCH3 is 1. The number of rotatable bonds is 2. The predicted molar refractivity (Wildman–Crippen MR) is 40.0 cm³/mol. The number of aliphatic hydroxyl groups excluding tert-OH is 1. The summed E-state index contributed by atoms with van der Waals surface area (Å²) in [5.74, 6) is 0. The number of hydrogen-bond donors (Lipinski definition) is 2. The van der Waals surface area contributed by atoms with E-state index < -0.39 is 12.4 Å². The molecule has 0 radical (unpaired) electrons. The van der Waals surface area contributed by atoms with E-state index in [9.17, 15) is 5.11 Å². The zero-order chi connectivity index (χ0) is 8.27. The second-order valence-corrected chi connectivity index (χ2v) is 2.74. The van der Waals surface area contributed by atoms with Crippen LogP contribution in [0.5, 0.6) is 0 Å². The number of aliphatic hydroxyl groups is 1. The van der Waals surface area contributed by atoms with Gasteiger partial charge >= 0.3 is 0 Å².